The van der Waals surface area contributed by atoms with Crippen LogP contribution in [0.25, 0.3) is 0 Å². The van der Waals surface area contributed by atoms with Crippen LogP contribution in [0.1, 0.15) is 33.3 Å². The smallest absolute Gasteiger partial charge is 0.237 e. The number of hydrogen-bond acceptors (Lipinski definition) is 3. The van der Waals surface area contributed by atoms with Crippen molar-refractivity contribution in [3.05, 3.63) is 23.8 Å². The summed E-state index contributed by atoms with van der Waals surface area (Å²) >= 11 is 0. The van der Waals surface area contributed by atoms with Gasteiger partial charge in [-0.25, -0.2) is 13.4 Å². The van der Waals surface area contributed by atoms with Crippen LogP contribution in [-0.4, -0.2) is 19.2 Å². The fraction of sp³-hybridized carbons (Fsp3) is 0.545. The molecule has 1 rings (SSSR count). The van der Waals surface area contributed by atoms with Crippen LogP contribution in [0.3, 0.4) is 0 Å². The highest BCUT2D eigenvalue weighted by molar-refractivity contribution is 7.92. The number of nitrogens with one attached hydrogen (secondary N) is 1. The molecule has 0 aromatic carbocycles. The van der Waals surface area contributed by atoms with Crippen molar-refractivity contribution in [2.75, 3.05) is 10.5 Å². The molecule has 0 atom stereocenters. The quantitative estimate of drug-likeness (QED) is 0.848. The molecule has 1 aromatic rings. The molecule has 0 saturated heterocycles. The highest BCUT2D eigenvalue weighted by atomic mass is 32.2. The zero-order valence-electron chi connectivity index (χ0n) is 10.4. The second kappa shape index (κ2) is 4.60. The number of sulfonamides is 1. The zero-order valence-corrected chi connectivity index (χ0v) is 11.2. The molecule has 0 spiro atoms. The first-order chi connectivity index (χ1) is 7.65. The molecule has 1 aromatic heterocycles. The van der Waals surface area contributed by atoms with Crippen molar-refractivity contribution in [3.8, 4) is 0 Å². The van der Waals surface area contributed by atoms with Gasteiger partial charge in [-0.3, -0.25) is 4.72 Å². The lowest BCUT2D eigenvalue weighted by Gasteiger charge is -2.19. The van der Waals surface area contributed by atoms with Crippen molar-refractivity contribution >= 4 is 15.7 Å². The van der Waals surface area contributed by atoms with E-state index in [0.717, 1.165) is 5.56 Å². The van der Waals surface area contributed by atoms with Crippen LogP contribution in [0.4, 0.5) is 10.1 Å². The molecule has 0 aliphatic rings. The summed E-state index contributed by atoms with van der Waals surface area (Å²) in [7, 11) is -3.49. The lowest BCUT2D eigenvalue weighted by Crippen LogP contribution is -2.18. The molecular weight excluding hydrogens is 243 g/mol. The van der Waals surface area contributed by atoms with E-state index in [1.54, 1.807) is 0 Å². The lowest BCUT2D eigenvalue weighted by molar-refractivity contribution is 0.561. The van der Waals surface area contributed by atoms with Gasteiger partial charge in [0.1, 0.15) is 5.69 Å². The van der Waals surface area contributed by atoms with Crippen LogP contribution in [-0.2, 0) is 15.4 Å². The number of hydrogen-bond donors (Lipinski definition) is 1. The summed E-state index contributed by atoms with van der Waals surface area (Å²) in [6, 6.07) is 1.48. The summed E-state index contributed by atoms with van der Waals surface area (Å²) in [5, 5.41) is 0. The maximum absolute atomic E-state index is 13.4. The Balaban J connectivity index is 3.17. The lowest BCUT2D eigenvalue weighted by atomic mass is 9.88. The average Bonchev–Trinajstić information content (AvgIpc) is 2.19. The molecule has 1 N–H and O–H groups in total. The standard InChI is InChI=1S/C11H17FN2O2S/c1-5-17(15,16)14-9-6-8(11(2,3)4)7-13-10(9)12/h6-7,14H,5H2,1-4H3. The molecule has 4 nitrogen and oxygen atoms in total. The Morgan fingerprint density at radius 2 is 2.00 bits per heavy atom. The van der Waals surface area contributed by atoms with E-state index in [1.807, 2.05) is 20.8 Å². The fourth-order valence-electron chi connectivity index (χ4n) is 1.17. The average molecular weight is 260 g/mol. The van der Waals surface area contributed by atoms with Gasteiger partial charge in [-0.1, -0.05) is 20.8 Å². The third-order valence-corrected chi connectivity index (χ3v) is 3.64. The summed E-state index contributed by atoms with van der Waals surface area (Å²) in [6.07, 6.45) is 1.42. The topological polar surface area (TPSA) is 59.1 Å². The molecule has 6 heteroatoms. The Morgan fingerprint density at radius 3 is 2.47 bits per heavy atom. The number of nitrogens with zero attached hydrogens (tertiary/aromatic N) is 1. The number of aromatic nitrogens is 1. The van der Waals surface area contributed by atoms with E-state index >= 15 is 0 Å². The number of halogens is 1. The molecule has 0 bridgehead atoms. The molecule has 17 heavy (non-hydrogen) atoms. The Kier molecular flexibility index (Phi) is 3.76. The second-order valence-corrected chi connectivity index (χ2v) is 6.83. The first kappa shape index (κ1) is 13.9. The predicted molar refractivity (Wildman–Crippen MR) is 66.0 cm³/mol. The second-order valence-electron chi connectivity index (χ2n) is 4.82. The van der Waals surface area contributed by atoms with Gasteiger partial charge < -0.3 is 0 Å². The van der Waals surface area contributed by atoms with Crippen molar-refractivity contribution in [1.82, 2.24) is 4.98 Å². The summed E-state index contributed by atoms with van der Waals surface area (Å²) in [5.41, 5.74) is 0.458. The molecular formula is C11H17FN2O2S. The molecule has 0 aliphatic carbocycles. The van der Waals surface area contributed by atoms with Gasteiger partial charge in [0, 0.05) is 6.20 Å². The van der Waals surface area contributed by atoms with E-state index in [-0.39, 0.29) is 16.9 Å². The van der Waals surface area contributed by atoms with Gasteiger partial charge in [-0.2, -0.15) is 4.39 Å². The maximum Gasteiger partial charge on any atom is 0.237 e. The maximum atomic E-state index is 13.4. The van der Waals surface area contributed by atoms with E-state index < -0.39 is 16.0 Å². The van der Waals surface area contributed by atoms with Crippen molar-refractivity contribution in [1.29, 1.82) is 0 Å². The number of pyridine rings is 1. The normalized spacial score (nSPS) is 12.5. The highest BCUT2D eigenvalue weighted by Gasteiger charge is 2.18. The molecule has 0 aliphatic heterocycles. The van der Waals surface area contributed by atoms with Crippen LogP contribution in [0.15, 0.2) is 12.3 Å². The van der Waals surface area contributed by atoms with Gasteiger partial charge in [-0.15, -0.1) is 0 Å². The molecule has 0 amide bonds. The largest absolute Gasteiger partial charge is 0.279 e. The minimum atomic E-state index is -3.49. The fourth-order valence-corrected chi connectivity index (χ4v) is 1.79. The highest BCUT2D eigenvalue weighted by Crippen LogP contribution is 2.25. The Hall–Kier alpha value is -1.17. The molecule has 0 unspecified atom stereocenters. The van der Waals surface area contributed by atoms with Gasteiger partial charge in [0.2, 0.25) is 16.0 Å². The van der Waals surface area contributed by atoms with Crippen LogP contribution in [0.5, 0.6) is 0 Å². The number of anilines is 1. The number of rotatable bonds is 3. The van der Waals surface area contributed by atoms with Crippen LogP contribution in [0.2, 0.25) is 0 Å². The summed E-state index contributed by atoms with van der Waals surface area (Å²) in [5.74, 6) is -0.915. The van der Waals surface area contributed by atoms with E-state index in [2.05, 4.69) is 9.71 Å². The van der Waals surface area contributed by atoms with E-state index in [0.29, 0.717) is 0 Å². The zero-order chi connectivity index (χ0) is 13.3. The third kappa shape index (κ3) is 3.66. The van der Waals surface area contributed by atoms with Crippen LogP contribution in [0, 0.1) is 5.95 Å². The molecule has 0 saturated carbocycles. The van der Waals surface area contributed by atoms with Gasteiger partial charge in [-0.05, 0) is 24.0 Å². The first-order valence-corrected chi connectivity index (χ1v) is 6.97. The predicted octanol–water partition coefficient (Wildman–Crippen LogP) is 2.28. The minimum absolute atomic E-state index is 0.0979. The van der Waals surface area contributed by atoms with E-state index in [4.69, 9.17) is 0 Å². The van der Waals surface area contributed by atoms with Crippen LogP contribution < -0.4 is 4.72 Å². The van der Waals surface area contributed by atoms with Gasteiger partial charge in [0.25, 0.3) is 0 Å². The van der Waals surface area contributed by atoms with Crippen molar-refractivity contribution < 1.29 is 12.8 Å². The molecule has 1 heterocycles. The van der Waals surface area contributed by atoms with Crippen LogP contribution >= 0.6 is 0 Å². The monoisotopic (exact) mass is 260 g/mol. The third-order valence-electron chi connectivity index (χ3n) is 2.35. The van der Waals surface area contributed by atoms with Gasteiger partial charge >= 0.3 is 0 Å². The molecule has 0 fully saturated rings. The molecule has 0 radical (unpaired) electrons. The Morgan fingerprint density at radius 1 is 1.41 bits per heavy atom. The summed E-state index contributed by atoms with van der Waals surface area (Å²) in [4.78, 5) is 3.57. The van der Waals surface area contributed by atoms with E-state index in [9.17, 15) is 12.8 Å². The Labute approximate surface area is 101 Å². The first-order valence-electron chi connectivity index (χ1n) is 5.32. The van der Waals surface area contributed by atoms with Crippen molar-refractivity contribution in [2.45, 2.75) is 33.1 Å². The van der Waals surface area contributed by atoms with Gasteiger partial charge in [0.15, 0.2) is 0 Å². The molecule has 96 valence electrons. The summed E-state index contributed by atoms with van der Waals surface area (Å²) in [6.45, 7) is 7.32. The summed E-state index contributed by atoms with van der Waals surface area (Å²) < 4.78 is 38.3. The van der Waals surface area contributed by atoms with Crippen molar-refractivity contribution in [2.24, 2.45) is 0 Å². The van der Waals surface area contributed by atoms with E-state index in [1.165, 1.54) is 19.2 Å². The Bertz CT molecular complexity index is 507. The van der Waals surface area contributed by atoms with Gasteiger partial charge in [0.05, 0.1) is 5.75 Å². The minimum Gasteiger partial charge on any atom is -0.279 e. The SMILES string of the molecule is CCS(=O)(=O)Nc1cc(C(C)(C)C)cnc1F. The van der Waals surface area contributed by atoms with Crippen molar-refractivity contribution in [3.63, 3.8) is 0 Å².